The predicted molar refractivity (Wildman–Crippen MR) is 76.4 cm³/mol. The summed E-state index contributed by atoms with van der Waals surface area (Å²) in [7, 11) is 0. The van der Waals surface area contributed by atoms with Crippen LogP contribution >= 0.6 is 0 Å². The van der Waals surface area contributed by atoms with Crippen molar-refractivity contribution in [2.75, 3.05) is 11.9 Å². The van der Waals surface area contributed by atoms with Crippen molar-refractivity contribution in [3.63, 3.8) is 0 Å². The topological polar surface area (TPSA) is 38.3 Å². The monoisotopic (exact) mass is 273 g/mol. The minimum Gasteiger partial charge on any atom is -0.484 e. The summed E-state index contributed by atoms with van der Waals surface area (Å²) in [6, 6.07) is 11.5. The molecule has 0 aliphatic carbocycles. The molecule has 0 atom stereocenters. The lowest BCUT2D eigenvalue weighted by atomic mass is 10.1. The van der Waals surface area contributed by atoms with Crippen molar-refractivity contribution >= 4 is 11.6 Å². The Bertz CT molecular complexity index is 626. The second kappa shape index (κ2) is 6.19. The Morgan fingerprint density at radius 1 is 1.20 bits per heavy atom. The van der Waals surface area contributed by atoms with E-state index in [2.05, 4.69) is 5.32 Å². The second-order valence-electron chi connectivity index (χ2n) is 4.61. The molecule has 1 amide bonds. The van der Waals surface area contributed by atoms with Gasteiger partial charge in [-0.1, -0.05) is 23.8 Å². The van der Waals surface area contributed by atoms with Crippen LogP contribution in [-0.4, -0.2) is 12.5 Å². The Hall–Kier alpha value is -2.36. The zero-order valence-electron chi connectivity index (χ0n) is 11.4. The third-order valence-corrected chi connectivity index (χ3v) is 2.82. The lowest BCUT2D eigenvalue weighted by Crippen LogP contribution is -2.20. The number of amides is 1. The van der Waals surface area contributed by atoms with Gasteiger partial charge >= 0.3 is 0 Å². The van der Waals surface area contributed by atoms with Crippen molar-refractivity contribution in [1.82, 2.24) is 0 Å². The average Bonchev–Trinajstić information content (AvgIpc) is 2.40. The summed E-state index contributed by atoms with van der Waals surface area (Å²) in [5.41, 5.74) is 2.88. The molecule has 0 unspecified atom stereocenters. The molecule has 4 heteroatoms. The average molecular weight is 273 g/mol. The van der Waals surface area contributed by atoms with E-state index < -0.39 is 5.82 Å². The summed E-state index contributed by atoms with van der Waals surface area (Å²) < 4.78 is 18.2. The van der Waals surface area contributed by atoms with Crippen LogP contribution in [0.4, 0.5) is 10.1 Å². The number of halogens is 1. The Balaban J connectivity index is 1.92. The van der Waals surface area contributed by atoms with Crippen LogP contribution < -0.4 is 10.1 Å². The molecule has 3 nitrogen and oxygen atoms in total. The lowest BCUT2D eigenvalue weighted by Gasteiger charge is -2.10. The van der Waals surface area contributed by atoms with Crippen LogP contribution in [0.2, 0.25) is 0 Å². The molecule has 0 saturated heterocycles. The third kappa shape index (κ3) is 3.82. The van der Waals surface area contributed by atoms with Gasteiger partial charge < -0.3 is 10.1 Å². The maximum absolute atomic E-state index is 12.9. The number of anilines is 1. The summed E-state index contributed by atoms with van der Waals surface area (Å²) in [6.07, 6.45) is 0. The van der Waals surface area contributed by atoms with E-state index >= 15 is 0 Å². The molecule has 2 aromatic rings. The molecule has 0 aromatic heterocycles. The first-order valence-electron chi connectivity index (χ1n) is 6.30. The maximum atomic E-state index is 12.9. The van der Waals surface area contributed by atoms with Crippen molar-refractivity contribution in [2.24, 2.45) is 0 Å². The minimum atomic E-state index is -0.391. The molecule has 2 rings (SSSR count). The molecule has 0 saturated carbocycles. The summed E-state index contributed by atoms with van der Waals surface area (Å²) in [4.78, 5) is 11.8. The van der Waals surface area contributed by atoms with Crippen molar-refractivity contribution < 1.29 is 13.9 Å². The van der Waals surface area contributed by atoms with Crippen LogP contribution in [0.25, 0.3) is 0 Å². The molecule has 0 radical (unpaired) electrons. The highest BCUT2D eigenvalue weighted by atomic mass is 19.1. The van der Waals surface area contributed by atoms with Crippen LogP contribution in [0.1, 0.15) is 11.1 Å². The van der Waals surface area contributed by atoms with Crippen molar-refractivity contribution in [3.8, 4) is 5.75 Å². The number of aryl methyl sites for hydroxylation is 2. The summed E-state index contributed by atoms with van der Waals surface area (Å²) in [5, 5.41) is 2.76. The summed E-state index contributed by atoms with van der Waals surface area (Å²) >= 11 is 0. The fourth-order valence-electron chi connectivity index (χ4n) is 1.85. The van der Waals surface area contributed by atoms with Gasteiger partial charge in [-0.25, -0.2) is 4.39 Å². The standard InChI is InChI=1S/C16H16FNO2/c1-11-6-7-15(12(2)8-11)18-16(19)10-20-14-5-3-4-13(17)9-14/h3-9H,10H2,1-2H3,(H,18,19). The smallest absolute Gasteiger partial charge is 0.262 e. The molecule has 0 bridgehead atoms. The number of hydrogen-bond acceptors (Lipinski definition) is 2. The van der Waals surface area contributed by atoms with E-state index in [0.29, 0.717) is 5.75 Å². The number of benzene rings is 2. The highest BCUT2D eigenvalue weighted by Crippen LogP contribution is 2.16. The lowest BCUT2D eigenvalue weighted by molar-refractivity contribution is -0.118. The normalized spacial score (nSPS) is 10.2. The van der Waals surface area contributed by atoms with Crippen LogP contribution in [0.5, 0.6) is 5.75 Å². The first-order chi connectivity index (χ1) is 9.54. The van der Waals surface area contributed by atoms with E-state index in [-0.39, 0.29) is 12.5 Å². The van der Waals surface area contributed by atoms with Gasteiger partial charge in [0.2, 0.25) is 0 Å². The van der Waals surface area contributed by atoms with E-state index in [4.69, 9.17) is 4.74 Å². The summed E-state index contributed by atoms with van der Waals surface area (Å²) in [6.45, 7) is 3.76. The van der Waals surface area contributed by atoms with Crippen LogP contribution in [0, 0.1) is 19.7 Å². The van der Waals surface area contributed by atoms with Gasteiger partial charge in [0.15, 0.2) is 6.61 Å². The van der Waals surface area contributed by atoms with Crippen LogP contribution in [0.3, 0.4) is 0 Å². The molecule has 0 fully saturated rings. The zero-order chi connectivity index (χ0) is 14.5. The predicted octanol–water partition coefficient (Wildman–Crippen LogP) is 3.46. The Labute approximate surface area is 117 Å². The van der Waals surface area contributed by atoms with Crippen LogP contribution in [-0.2, 0) is 4.79 Å². The highest BCUT2D eigenvalue weighted by Gasteiger charge is 2.06. The van der Waals surface area contributed by atoms with Gasteiger partial charge in [0.05, 0.1) is 0 Å². The molecule has 0 aliphatic rings. The molecule has 104 valence electrons. The highest BCUT2D eigenvalue weighted by molar-refractivity contribution is 5.92. The number of carbonyl (C=O) groups excluding carboxylic acids is 1. The first kappa shape index (κ1) is 14.1. The first-order valence-corrected chi connectivity index (χ1v) is 6.30. The number of rotatable bonds is 4. The van der Waals surface area contributed by atoms with Gasteiger partial charge in [0.25, 0.3) is 5.91 Å². The fraction of sp³-hybridized carbons (Fsp3) is 0.188. The molecular formula is C16H16FNO2. The summed E-state index contributed by atoms with van der Waals surface area (Å²) in [5.74, 6) is -0.334. The van der Waals surface area contributed by atoms with Crippen molar-refractivity contribution in [2.45, 2.75) is 13.8 Å². The van der Waals surface area contributed by atoms with Gasteiger partial charge in [-0.2, -0.15) is 0 Å². The molecule has 0 spiro atoms. The molecule has 20 heavy (non-hydrogen) atoms. The van der Waals surface area contributed by atoms with E-state index in [1.807, 2.05) is 32.0 Å². The van der Waals surface area contributed by atoms with Gasteiger partial charge in [0.1, 0.15) is 11.6 Å². The molecule has 1 N–H and O–H groups in total. The van der Waals surface area contributed by atoms with Crippen molar-refractivity contribution in [3.05, 3.63) is 59.4 Å². The number of carbonyl (C=O) groups is 1. The Kier molecular flexibility index (Phi) is 4.35. The van der Waals surface area contributed by atoms with Gasteiger partial charge in [0, 0.05) is 11.8 Å². The van der Waals surface area contributed by atoms with E-state index in [0.717, 1.165) is 16.8 Å². The minimum absolute atomic E-state index is 0.156. The van der Waals surface area contributed by atoms with E-state index in [9.17, 15) is 9.18 Å². The van der Waals surface area contributed by atoms with Gasteiger partial charge in [-0.05, 0) is 37.6 Å². The number of nitrogens with one attached hydrogen (secondary N) is 1. The molecular weight excluding hydrogens is 257 g/mol. The quantitative estimate of drug-likeness (QED) is 0.926. The SMILES string of the molecule is Cc1ccc(NC(=O)COc2cccc(F)c2)c(C)c1. The van der Waals surface area contributed by atoms with Crippen LogP contribution in [0.15, 0.2) is 42.5 Å². The van der Waals surface area contributed by atoms with Crippen molar-refractivity contribution in [1.29, 1.82) is 0 Å². The van der Waals surface area contributed by atoms with E-state index in [1.165, 1.54) is 18.2 Å². The van der Waals surface area contributed by atoms with Gasteiger partial charge in [-0.15, -0.1) is 0 Å². The van der Waals surface area contributed by atoms with E-state index in [1.54, 1.807) is 6.07 Å². The molecule has 0 heterocycles. The third-order valence-electron chi connectivity index (χ3n) is 2.82. The second-order valence-corrected chi connectivity index (χ2v) is 4.61. The largest absolute Gasteiger partial charge is 0.484 e. The molecule has 2 aromatic carbocycles. The molecule has 0 aliphatic heterocycles. The number of ether oxygens (including phenoxy) is 1. The number of hydrogen-bond donors (Lipinski definition) is 1. The zero-order valence-corrected chi connectivity index (χ0v) is 11.4. The fourth-order valence-corrected chi connectivity index (χ4v) is 1.85. The Morgan fingerprint density at radius 3 is 2.70 bits per heavy atom. The maximum Gasteiger partial charge on any atom is 0.262 e. The Morgan fingerprint density at radius 2 is 2.00 bits per heavy atom. The van der Waals surface area contributed by atoms with Gasteiger partial charge in [-0.3, -0.25) is 4.79 Å².